The molecule has 0 aliphatic rings. The second-order valence-electron chi connectivity index (χ2n) is 3.82. The van der Waals surface area contributed by atoms with Gasteiger partial charge in [0.25, 0.3) is 11.6 Å². The first-order valence-electron chi connectivity index (χ1n) is 5.87. The predicted octanol–water partition coefficient (Wildman–Crippen LogP) is 3.72. The fourth-order valence-electron chi connectivity index (χ4n) is 1.48. The summed E-state index contributed by atoms with van der Waals surface area (Å²) < 4.78 is 29.0. The Morgan fingerprint density at radius 2 is 2.05 bits per heavy atom. The normalized spacial score (nSPS) is 10.1. The summed E-state index contributed by atoms with van der Waals surface area (Å²) in [6.07, 6.45) is -0.865. The molecule has 2 aromatic rings. The summed E-state index contributed by atoms with van der Waals surface area (Å²) in [6, 6.07) is 10.5. The van der Waals surface area contributed by atoms with Crippen LogP contribution in [0.4, 0.5) is 8.78 Å². The van der Waals surface area contributed by atoms with Crippen molar-refractivity contribution in [3.8, 4) is 15.6 Å². The van der Waals surface area contributed by atoms with Crippen LogP contribution in [-0.2, 0) is 0 Å². The summed E-state index contributed by atoms with van der Waals surface area (Å²) >= 11 is 1.21. The van der Waals surface area contributed by atoms with Crippen LogP contribution in [0.15, 0.2) is 53.3 Å². The van der Waals surface area contributed by atoms with Crippen molar-refractivity contribution in [2.75, 3.05) is 6.61 Å². The first kappa shape index (κ1) is 14.3. The number of rotatable bonds is 5. The zero-order valence-electron chi connectivity index (χ0n) is 10.4. The molecule has 0 amide bonds. The standard InChI is InChI=1S/C14H11F2NO2S/c15-11(16)7-4-8-19-13-9-12(18)17-14(20-13)10-5-2-1-3-6-10/h1-3,5-7,9H,4,8H2. The van der Waals surface area contributed by atoms with Gasteiger partial charge < -0.3 is 4.74 Å². The lowest BCUT2D eigenvalue weighted by molar-refractivity contribution is 0.328. The van der Waals surface area contributed by atoms with E-state index in [-0.39, 0.29) is 13.0 Å². The molecular formula is C14H11F2NO2S. The fourth-order valence-corrected chi connectivity index (χ4v) is 2.37. The van der Waals surface area contributed by atoms with Gasteiger partial charge in [-0.3, -0.25) is 4.79 Å². The second-order valence-corrected chi connectivity index (χ2v) is 4.81. The molecule has 3 nitrogen and oxygen atoms in total. The van der Waals surface area contributed by atoms with Gasteiger partial charge in [0.2, 0.25) is 0 Å². The van der Waals surface area contributed by atoms with Gasteiger partial charge in [-0.25, -0.2) is 0 Å². The quantitative estimate of drug-likeness (QED) is 0.789. The molecule has 0 aliphatic heterocycles. The minimum atomic E-state index is -1.73. The SMILES string of the molecule is O=c1cc(OCCC=C(F)F)sc(-c2ccccc2)n1. The number of halogens is 2. The number of ether oxygens (including phenoxy) is 1. The monoisotopic (exact) mass is 295 g/mol. The maximum absolute atomic E-state index is 11.9. The van der Waals surface area contributed by atoms with E-state index in [1.807, 2.05) is 30.3 Å². The Kier molecular flexibility index (Phi) is 4.95. The molecule has 6 heteroatoms. The Balaban J connectivity index is 2.13. The summed E-state index contributed by atoms with van der Waals surface area (Å²) in [5, 5.41) is 0.914. The molecular weight excluding hydrogens is 284 g/mol. The van der Waals surface area contributed by atoms with E-state index >= 15 is 0 Å². The van der Waals surface area contributed by atoms with E-state index in [2.05, 4.69) is 4.98 Å². The Hall–Kier alpha value is -2.08. The van der Waals surface area contributed by atoms with Gasteiger partial charge in [0.1, 0.15) is 5.01 Å². The van der Waals surface area contributed by atoms with Crippen LogP contribution in [0, 0.1) is 0 Å². The average molecular weight is 295 g/mol. The van der Waals surface area contributed by atoms with Crippen molar-refractivity contribution in [2.45, 2.75) is 6.42 Å². The molecule has 104 valence electrons. The van der Waals surface area contributed by atoms with Gasteiger partial charge in [0.05, 0.1) is 12.7 Å². The topological polar surface area (TPSA) is 39.2 Å². The molecule has 2 rings (SSSR count). The molecule has 0 unspecified atom stereocenters. The van der Waals surface area contributed by atoms with Gasteiger partial charge in [-0.1, -0.05) is 41.7 Å². The van der Waals surface area contributed by atoms with Crippen LogP contribution in [0.25, 0.3) is 10.6 Å². The van der Waals surface area contributed by atoms with E-state index in [4.69, 9.17) is 4.74 Å². The van der Waals surface area contributed by atoms with Crippen LogP contribution in [0.2, 0.25) is 0 Å². The average Bonchev–Trinajstić information content (AvgIpc) is 2.44. The lowest BCUT2D eigenvalue weighted by Gasteiger charge is -2.04. The molecule has 0 bridgehead atoms. The minimum absolute atomic E-state index is 0.0888. The van der Waals surface area contributed by atoms with Gasteiger partial charge in [0.15, 0.2) is 5.06 Å². The fraction of sp³-hybridized carbons (Fsp3) is 0.143. The van der Waals surface area contributed by atoms with Crippen molar-refractivity contribution < 1.29 is 13.5 Å². The second kappa shape index (κ2) is 6.91. The molecule has 0 spiro atoms. The van der Waals surface area contributed by atoms with E-state index in [0.29, 0.717) is 10.1 Å². The van der Waals surface area contributed by atoms with Crippen molar-refractivity contribution in [1.82, 2.24) is 4.98 Å². The maximum Gasteiger partial charge on any atom is 0.275 e. The highest BCUT2D eigenvalue weighted by molar-refractivity contribution is 7.16. The van der Waals surface area contributed by atoms with E-state index in [9.17, 15) is 13.6 Å². The van der Waals surface area contributed by atoms with Crippen molar-refractivity contribution >= 4 is 11.3 Å². The summed E-state index contributed by atoms with van der Waals surface area (Å²) in [7, 11) is 0. The molecule has 20 heavy (non-hydrogen) atoms. The van der Waals surface area contributed by atoms with Gasteiger partial charge in [-0.2, -0.15) is 13.8 Å². The molecule has 0 saturated heterocycles. The lowest BCUT2D eigenvalue weighted by atomic mass is 10.2. The maximum atomic E-state index is 11.9. The van der Waals surface area contributed by atoms with Crippen LogP contribution >= 0.6 is 11.3 Å². The number of hydrogen-bond acceptors (Lipinski definition) is 4. The third kappa shape index (κ3) is 4.24. The Morgan fingerprint density at radius 3 is 2.75 bits per heavy atom. The Morgan fingerprint density at radius 1 is 1.30 bits per heavy atom. The van der Waals surface area contributed by atoms with Crippen molar-refractivity contribution in [2.24, 2.45) is 0 Å². The van der Waals surface area contributed by atoms with E-state index in [1.165, 1.54) is 17.4 Å². The van der Waals surface area contributed by atoms with Crippen molar-refractivity contribution in [3.05, 3.63) is 58.9 Å². The zero-order chi connectivity index (χ0) is 14.4. The number of aromatic nitrogens is 1. The van der Waals surface area contributed by atoms with Crippen LogP contribution in [0.5, 0.6) is 5.06 Å². The number of benzene rings is 1. The van der Waals surface area contributed by atoms with E-state index < -0.39 is 11.6 Å². The molecule has 1 aromatic heterocycles. The van der Waals surface area contributed by atoms with E-state index in [1.54, 1.807) is 0 Å². The van der Waals surface area contributed by atoms with E-state index in [0.717, 1.165) is 11.6 Å². The molecule has 1 aromatic carbocycles. The summed E-state index contributed by atoms with van der Waals surface area (Å²) in [6.45, 7) is 0.0888. The van der Waals surface area contributed by atoms with Crippen LogP contribution < -0.4 is 10.3 Å². The molecule has 0 fully saturated rings. The summed E-state index contributed by atoms with van der Waals surface area (Å²) in [4.78, 5) is 15.4. The zero-order valence-corrected chi connectivity index (χ0v) is 11.2. The van der Waals surface area contributed by atoms with Gasteiger partial charge in [-0.15, -0.1) is 0 Å². The Labute approximate surface area is 118 Å². The first-order valence-corrected chi connectivity index (χ1v) is 6.68. The van der Waals surface area contributed by atoms with Crippen LogP contribution in [0.3, 0.4) is 0 Å². The molecule has 1 heterocycles. The van der Waals surface area contributed by atoms with Gasteiger partial charge in [-0.05, 0) is 6.08 Å². The molecule has 0 radical (unpaired) electrons. The third-order valence-electron chi connectivity index (χ3n) is 2.33. The molecule has 0 atom stereocenters. The highest BCUT2D eigenvalue weighted by atomic mass is 32.1. The Bertz CT molecular complexity index is 652. The van der Waals surface area contributed by atoms with Crippen LogP contribution in [-0.4, -0.2) is 11.6 Å². The first-order chi connectivity index (χ1) is 9.65. The number of nitrogens with zero attached hydrogens (tertiary/aromatic N) is 1. The smallest absolute Gasteiger partial charge is 0.275 e. The highest BCUT2D eigenvalue weighted by Crippen LogP contribution is 2.26. The summed E-state index contributed by atoms with van der Waals surface area (Å²) in [5.41, 5.74) is 0.402. The third-order valence-corrected chi connectivity index (χ3v) is 3.29. The summed E-state index contributed by atoms with van der Waals surface area (Å²) in [5.74, 6) is 0. The van der Waals surface area contributed by atoms with Crippen LogP contribution in [0.1, 0.15) is 6.42 Å². The largest absolute Gasteiger partial charge is 0.483 e. The van der Waals surface area contributed by atoms with Gasteiger partial charge in [0, 0.05) is 12.0 Å². The highest BCUT2D eigenvalue weighted by Gasteiger charge is 2.05. The minimum Gasteiger partial charge on any atom is -0.483 e. The predicted molar refractivity (Wildman–Crippen MR) is 74.2 cm³/mol. The van der Waals surface area contributed by atoms with Crippen molar-refractivity contribution in [1.29, 1.82) is 0 Å². The molecule has 0 aliphatic carbocycles. The molecule has 0 N–H and O–H groups in total. The van der Waals surface area contributed by atoms with Gasteiger partial charge >= 0.3 is 0 Å². The number of hydrogen-bond donors (Lipinski definition) is 0. The lowest BCUT2D eigenvalue weighted by Crippen LogP contribution is -2.06. The molecule has 0 saturated carbocycles. The van der Waals surface area contributed by atoms with Crippen molar-refractivity contribution in [3.63, 3.8) is 0 Å².